The second-order valence-electron chi connectivity index (χ2n) is 7.38. The van der Waals surface area contributed by atoms with Crippen molar-refractivity contribution in [2.24, 2.45) is 5.92 Å². The number of hydrogen-bond acceptors (Lipinski definition) is 4. The van der Waals surface area contributed by atoms with Gasteiger partial charge < -0.3 is 9.73 Å². The van der Waals surface area contributed by atoms with Crippen LogP contribution in [0.15, 0.2) is 40.9 Å². The highest BCUT2D eigenvalue weighted by atomic mass is 16.3. The number of hydrogen-bond donors (Lipinski definition) is 1. The maximum Gasteiger partial charge on any atom is 0.251 e. The molecule has 0 spiro atoms. The van der Waals surface area contributed by atoms with Crippen molar-refractivity contribution in [2.75, 3.05) is 0 Å². The van der Waals surface area contributed by atoms with Gasteiger partial charge in [-0.25, -0.2) is 4.98 Å². The number of amides is 1. The molecule has 1 aliphatic carbocycles. The summed E-state index contributed by atoms with van der Waals surface area (Å²) in [5.41, 5.74) is 4.11. The fourth-order valence-corrected chi connectivity index (χ4v) is 3.22. The van der Waals surface area contributed by atoms with E-state index in [0.29, 0.717) is 23.0 Å². The summed E-state index contributed by atoms with van der Waals surface area (Å²) in [4.78, 5) is 21.9. The zero-order valence-corrected chi connectivity index (χ0v) is 15.3. The summed E-state index contributed by atoms with van der Waals surface area (Å²) >= 11 is 0. The van der Waals surface area contributed by atoms with Crippen LogP contribution in [-0.4, -0.2) is 15.9 Å². The third-order valence-electron chi connectivity index (χ3n) is 4.88. The molecular weight excluding hydrogens is 326 g/mol. The van der Waals surface area contributed by atoms with E-state index in [2.05, 4.69) is 15.3 Å². The van der Waals surface area contributed by atoms with Gasteiger partial charge in [-0.1, -0.05) is 19.9 Å². The molecule has 5 heteroatoms. The fourth-order valence-electron chi connectivity index (χ4n) is 3.22. The van der Waals surface area contributed by atoms with Crippen molar-refractivity contribution >= 4 is 17.0 Å². The number of pyridine rings is 1. The summed E-state index contributed by atoms with van der Waals surface area (Å²) in [7, 11) is 0. The molecule has 0 aliphatic heterocycles. The van der Waals surface area contributed by atoms with Crippen molar-refractivity contribution in [3.63, 3.8) is 0 Å². The van der Waals surface area contributed by atoms with Crippen LogP contribution in [0.3, 0.4) is 0 Å². The molecule has 0 radical (unpaired) electrons. The van der Waals surface area contributed by atoms with Gasteiger partial charge in [-0.15, -0.1) is 0 Å². The van der Waals surface area contributed by atoms with E-state index in [1.165, 1.54) is 0 Å². The Labute approximate surface area is 152 Å². The molecule has 1 atom stereocenters. The van der Waals surface area contributed by atoms with Gasteiger partial charge >= 0.3 is 0 Å². The van der Waals surface area contributed by atoms with E-state index in [4.69, 9.17) is 4.42 Å². The molecule has 26 heavy (non-hydrogen) atoms. The number of carbonyl (C=O) groups is 1. The summed E-state index contributed by atoms with van der Waals surface area (Å²) in [6.45, 7) is 6.11. The number of rotatable bonds is 5. The highest BCUT2D eigenvalue weighted by Crippen LogP contribution is 2.41. The third kappa shape index (κ3) is 3.21. The highest BCUT2D eigenvalue weighted by Gasteiger charge is 2.35. The average molecular weight is 349 g/mol. The van der Waals surface area contributed by atoms with Crippen LogP contribution in [0.2, 0.25) is 0 Å². The Bertz CT molecular complexity index is 957. The second-order valence-corrected chi connectivity index (χ2v) is 7.38. The molecule has 4 rings (SSSR count). The molecule has 5 nitrogen and oxygen atoms in total. The van der Waals surface area contributed by atoms with Crippen LogP contribution >= 0.6 is 0 Å². The number of carbonyl (C=O) groups excluding carboxylic acids is 1. The lowest BCUT2D eigenvalue weighted by molar-refractivity contribution is 0.0930. The summed E-state index contributed by atoms with van der Waals surface area (Å²) < 4.78 is 5.73. The van der Waals surface area contributed by atoms with Gasteiger partial charge in [-0.05, 0) is 55.5 Å². The SMILES string of the molecule is Cc1cccnc1[C@@H](NC(=O)c1ccc2oc(C(C)C)nc2c1)C1CC1. The minimum Gasteiger partial charge on any atom is -0.440 e. The van der Waals surface area contributed by atoms with Crippen molar-refractivity contribution in [3.05, 3.63) is 59.2 Å². The lowest BCUT2D eigenvalue weighted by atomic mass is 10.0. The minimum atomic E-state index is -0.0945. The van der Waals surface area contributed by atoms with Crippen molar-refractivity contribution in [1.82, 2.24) is 15.3 Å². The lowest BCUT2D eigenvalue weighted by Gasteiger charge is -2.19. The van der Waals surface area contributed by atoms with E-state index in [1.807, 2.05) is 39.0 Å². The molecule has 134 valence electrons. The Morgan fingerprint density at radius 2 is 2.08 bits per heavy atom. The minimum absolute atomic E-state index is 0.0390. The zero-order valence-electron chi connectivity index (χ0n) is 15.3. The van der Waals surface area contributed by atoms with Gasteiger partial charge in [-0.3, -0.25) is 9.78 Å². The van der Waals surface area contributed by atoms with Gasteiger partial charge in [0.25, 0.3) is 5.91 Å². The standard InChI is InChI=1S/C21H23N3O2/c1-12(2)21-23-16-11-15(8-9-17(16)26-21)20(25)24-19(14-6-7-14)18-13(3)5-4-10-22-18/h4-5,8-12,14,19H,6-7H2,1-3H3,(H,24,25)/t19-/m0/s1. The highest BCUT2D eigenvalue weighted by molar-refractivity contribution is 5.97. The Balaban J connectivity index is 1.60. The first kappa shape index (κ1) is 16.8. The van der Waals surface area contributed by atoms with E-state index in [0.717, 1.165) is 29.6 Å². The van der Waals surface area contributed by atoms with E-state index in [9.17, 15) is 4.79 Å². The predicted molar refractivity (Wildman–Crippen MR) is 100 cm³/mol. The smallest absolute Gasteiger partial charge is 0.251 e. The monoisotopic (exact) mass is 349 g/mol. The Morgan fingerprint density at radius 3 is 2.77 bits per heavy atom. The molecule has 1 aliphatic rings. The van der Waals surface area contributed by atoms with Crippen LogP contribution in [0.25, 0.3) is 11.1 Å². The largest absolute Gasteiger partial charge is 0.440 e. The summed E-state index contributed by atoms with van der Waals surface area (Å²) in [6.07, 6.45) is 4.04. The number of aryl methyl sites for hydroxylation is 1. The van der Waals surface area contributed by atoms with Gasteiger partial charge in [0.05, 0.1) is 11.7 Å². The Hall–Kier alpha value is -2.69. The predicted octanol–water partition coefficient (Wildman–Crippen LogP) is 4.54. The van der Waals surface area contributed by atoms with Crippen molar-refractivity contribution in [3.8, 4) is 0 Å². The normalized spacial score (nSPS) is 15.4. The van der Waals surface area contributed by atoms with Gasteiger partial charge in [0.15, 0.2) is 11.5 Å². The van der Waals surface area contributed by atoms with Crippen molar-refractivity contribution < 1.29 is 9.21 Å². The molecule has 1 saturated carbocycles. The molecule has 1 amide bonds. The molecule has 2 aromatic heterocycles. The van der Waals surface area contributed by atoms with Crippen LogP contribution in [-0.2, 0) is 0 Å². The van der Waals surface area contributed by atoms with Crippen LogP contribution in [0.1, 0.15) is 66.2 Å². The zero-order chi connectivity index (χ0) is 18.3. The summed E-state index contributed by atoms with van der Waals surface area (Å²) in [5, 5.41) is 3.19. The first-order valence-electron chi connectivity index (χ1n) is 9.16. The van der Waals surface area contributed by atoms with Crippen LogP contribution < -0.4 is 5.32 Å². The quantitative estimate of drug-likeness (QED) is 0.734. The first-order valence-corrected chi connectivity index (χ1v) is 9.16. The van der Waals surface area contributed by atoms with Gasteiger partial charge in [-0.2, -0.15) is 0 Å². The Morgan fingerprint density at radius 1 is 1.27 bits per heavy atom. The number of aromatic nitrogens is 2. The number of benzene rings is 1. The van der Waals surface area contributed by atoms with Crippen LogP contribution in [0.5, 0.6) is 0 Å². The van der Waals surface area contributed by atoms with Gasteiger partial charge in [0.2, 0.25) is 0 Å². The van der Waals surface area contributed by atoms with Gasteiger partial charge in [0, 0.05) is 17.7 Å². The lowest BCUT2D eigenvalue weighted by Crippen LogP contribution is -2.31. The van der Waals surface area contributed by atoms with Crippen molar-refractivity contribution in [1.29, 1.82) is 0 Å². The number of fused-ring (bicyclic) bond motifs is 1. The Kier molecular flexibility index (Phi) is 4.23. The molecule has 3 aromatic rings. The molecule has 0 unspecified atom stereocenters. The van der Waals surface area contributed by atoms with E-state index >= 15 is 0 Å². The molecule has 0 bridgehead atoms. The van der Waals surface area contributed by atoms with Crippen LogP contribution in [0.4, 0.5) is 0 Å². The summed E-state index contributed by atoms with van der Waals surface area (Å²) in [6, 6.07) is 9.34. The fraction of sp³-hybridized carbons (Fsp3) is 0.381. The molecule has 1 fully saturated rings. The molecular formula is C21H23N3O2. The van der Waals surface area contributed by atoms with Crippen molar-refractivity contribution in [2.45, 2.75) is 45.6 Å². The van der Waals surface area contributed by atoms with E-state index in [1.54, 1.807) is 18.3 Å². The second kappa shape index (κ2) is 6.56. The number of oxazole rings is 1. The maximum absolute atomic E-state index is 12.9. The summed E-state index contributed by atoms with van der Waals surface area (Å²) in [5.74, 6) is 1.28. The number of nitrogens with one attached hydrogen (secondary N) is 1. The maximum atomic E-state index is 12.9. The molecule has 2 heterocycles. The van der Waals surface area contributed by atoms with E-state index < -0.39 is 0 Å². The third-order valence-corrected chi connectivity index (χ3v) is 4.88. The molecule has 1 aromatic carbocycles. The molecule has 0 saturated heterocycles. The molecule has 1 N–H and O–H groups in total. The average Bonchev–Trinajstić information content (AvgIpc) is 3.37. The van der Waals surface area contributed by atoms with Crippen LogP contribution in [0, 0.1) is 12.8 Å². The first-order chi connectivity index (χ1) is 12.5. The number of nitrogens with zero attached hydrogens (tertiary/aromatic N) is 2. The topological polar surface area (TPSA) is 68.0 Å². The van der Waals surface area contributed by atoms with Gasteiger partial charge in [0.1, 0.15) is 5.52 Å². The van der Waals surface area contributed by atoms with E-state index in [-0.39, 0.29) is 17.9 Å².